The first-order valence-electron chi connectivity index (χ1n) is 15.1. The Labute approximate surface area is 257 Å². The van der Waals surface area contributed by atoms with E-state index in [1.54, 1.807) is 23.9 Å². The normalized spacial score (nSPS) is 11.1. The number of carbonyl (C=O) groups is 3. The van der Waals surface area contributed by atoms with E-state index < -0.39 is 0 Å². The number of nitrogens with zero attached hydrogens (tertiary/aromatic N) is 3. The van der Waals surface area contributed by atoms with Crippen molar-refractivity contribution in [3.05, 3.63) is 23.3 Å². The number of hydrogen-bond acceptors (Lipinski definition) is 9. The lowest BCUT2D eigenvalue weighted by atomic mass is 10.1. The maximum atomic E-state index is 12.5. The molecule has 0 unspecified atom stereocenters. The molecule has 246 valence electrons. The van der Waals surface area contributed by atoms with Crippen molar-refractivity contribution in [2.75, 3.05) is 112 Å². The molecule has 1 N–H and O–H groups in total. The van der Waals surface area contributed by atoms with E-state index in [1.807, 2.05) is 39.8 Å². The topological polar surface area (TPSA) is 119 Å². The smallest absolute Gasteiger partial charge is 0.260 e. The molecule has 0 aromatic heterocycles. The fourth-order valence-electron chi connectivity index (χ4n) is 4.12. The lowest BCUT2D eigenvalue weighted by Crippen LogP contribution is -2.33. The van der Waals surface area contributed by atoms with Gasteiger partial charge in [0.1, 0.15) is 12.4 Å². The van der Waals surface area contributed by atoms with Crippen LogP contribution in [0.3, 0.4) is 0 Å². The maximum absolute atomic E-state index is 12.5. The molecule has 3 amide bonds. The van der Waals surface area contributed by atoms with Crippen LogP contribution >= 0.6 is 0 Å². The molecule has 0 aliphatic heterocycles. The molecule has 0 fully saturated rings. The minimum atomic E-state index is -0.122. The number of likely N-dealkylation sites (N-methyl/N-ethyl adjacent to an activating group) is 3. The molecular weight excluding hydrogens is 556 g/mol. The molecule has 1 aromatic carbocycles. The third kappa shape index (κ3) is 16.6. The van der Waals surface area contributed by atoms with Crippen molar-refractivity contribution >= 4 is 23.4 Å². The first kappa shape index (κ1) is 38.3. The molecule has 0 saturated carbocycles. The number of benzene rings is 1. The summed E-state index contributed by atoms with van der Waals surface area (Å²) in [4.78, 5) is 41.9. The molecule has 0 radical (unpaired) electrons. The maximum Gasteiger partial charge on any atom is 0.260 e. The Morgan fingerprint density at radius 3 is 1.67 bits per heavy atom. The van der Waals surface area contributed by atoms with E-state index in [0.29, 0.717) is 71.4 Å². The van der Waals surface area contributed by atoms with Crippen molar-refractivity contribution in [1.82, 2.24) is 14.7 Å². The quantitative estimate of drug-likeness (QED) is 0.176. The van der Waals surface area contributed by atoms with Gasteiger partial charge >= 0.3 is 0 Å². The molecule has 0 spiro atoms. The van der Waals surface area contributed by atoms with Crippen molar-refractivity contribution in [1.29, 1.82) is 0 Å². The second kappa shape index (κ2) is 22.7. The highest BCUT2D eigenvalue weighted by Crippen LogP contribution is 2.26. The number of carbonyl (C=O) groups excluding carboxylic acids is 3. The van der Waals surface area contributed by atoms with E-state index in [2.05, 4.69) is 10.2 Å². The van der Waals surface area contributed by atoms with Crippen molar-refractivity contribution in [3.8, 4) is 5.75 Å². The Kier molecular flexibility index (Phi) is 20.2. The Hall–Kier alpha value is -2.77. The molecule has 1 aromatic rings. The summed E-state index contributed by atoms with van der Waals surface area (Å²) in [5, 5.41) is 3.00. The second-order valence-corrected chi connectivity index (χ2v) is 10.3. The van der Waals surface area contributed by atoms with Gasteiger partial charge in [-0.1, -0.05) is 13.8 Å². The van der Waals surface area contributed by atoms with E-state index in [0.717, 1.165) is 36.3 Å². The van der Waals surface area contributed by atoms with Crippen LogP contribution in [0.5, 0.6) is 5.75 Å². The molecule has 1 rings (SSSR count). The van der Waals surface area contributed by atoms with Gasteiger partial charge in [-0.05, 0) is 63.0 Å². The number of anilines is 1. The molecule has 12 heteroatoms. The van der Waals surface area contributed by atoms with Gasteiger partial charge in [0.15, 0.2) is 6.61 Å². The van der Waals surface area contributed by atoms with Crippen LogP contribution in [0.15, 0.2) is 12.1 Å². The third-order valence-electron chi connectivity index (χ3n) is 6.82. The van der Waals surface area contributed by atoms with E-state index in [9.17, 15) is 14.4 Å². The Balaban J connectivity index is 2.15. The Bertz CT molecular complexity index is 935. The summed E-state index contributed by atoms with van der Waals surface area (Å²) in [7, 11) is 5.00. The highest BCUT2D eigenvalue weighted by atomic mass is 16.5. The highest BCUT2D eigenvalue weighted by Gasteiger charge is 2.14. The number of ether oxygens (including phenoxy) is 5. The average Bonchev–Trinajstić information content (AvgIpc) is 2.98. The van der Waals surface area contributed by atoms with Gasteiger partial charge in [-0.2, -0.15) is 0 Å². The van der Waals surface area contributed by atoms with Crippen LogP contribution in [0, 0.1) is 13.8 Å². The van der Waals surface area contributed by atoms with Crippen molar-refractivity contribution in [2.45, 2.75) is 40.5 Å². The zero-order valence-corrected chi connectivity index (χ0v) is 27.4. The second-order valence-electron chi connectivity index (χ2n) is 10.3. The SMILES string of the molecule is CCN(CC)CC(=O)Nc1c(C)cc(OCC(=O)N(C)CCCOCCOCCOCCCN(C)C(=O)COC)cc1C. The monoisotopic (exact) mass is 610 g/mol. The summed E-state index contributed by atoms with van der Waals surface area (Å²) in [5.74, 6) is 0.376. The number of methoxy groups -OCH3 is 1. The van der Waals surface area contributed by atoms with Crippen LogP contribution in [0.25, 0.3) is 0 Å². The van der Waals surface area contributed by atoms with Gasteiger partial charge in [0.05, 0.1) is 33.0 Å². The van der Waals surface area contributed by atoms with Crippen molar-refractivity contribution in [3.63, 3.8) is 0 Å². The van der Waals surface area contributed by atoms with Crippen LogP contribution in [0.4, 0.5) is 5.69 Å². The molecule has 0 saturated heterocycles. The van der Waals surface area contributed by atoms with Crippen LogP contribution in [-0.4, -0.2) is 139 Å². The summed E-state index contributed by atoms with van der Waals surface area (Å²) in [5.41, 5.74) is 2.54. The van der Waals surface area contributed by atoms with Gasteiger partial charge in [0, 0.05) is 53.2 Å². The number of hydrogen-bond donors (Lipinski definition) is 1. The molecule has 0 heterocycles. The number of nitrogens with one attached hydrogen (secondary N) is 1. The highest BCUT2D eigenvalue weighted by molar-refractivity contribution is 5.94. The lowest BCUT2D eigenvalue weighted by Gasteiger charge is -2.20. The standard InChI is InChI=1S/C31H54N4O8/c1-8-35(9-2)22-28(36)32-31-25(3)20-27(21-26(31)4)43-24-30(38)34(6)13-11-15-41-17-19-42-18-16-40-14-10-12-33(5)29(37)23-39-7/h20-21H,8-19,22-24H2,1-7H3,(H,32,36). The lowest BCUT2D eigenvalue weighted by molar-refractivity contribution is -0.134. The zero-order valence-electron chi connectivity index (χ0n) is 27.4. The van der Waals surface area contributed by atoms with Crippen LogP contribution in [0.1, 0.15) is 37.8 Å². The first-order chi connectivity index (χ1) is 20.6. The van der Waals surface area contributed by atoms with E-state index in [1.165, 1.54) is 7.11 Å². The number of rotatable bonds is 24. The largest absolute Gasteiger partial charge is 0.484 e. The Morgan fingerprint density at radius 2 is 1.21 bits per heavy atom. The van der Waals surface area contributed by atoms with E-state index >= 15 is 0 Å². The van der Waals surface area contributed by atoms with Gasteiger partial charge < -0.3 is 38.8 Å². The zero-order chi connectivity index (χ0) is 32.0. The predicted octanol–water partition coefficient (Wildman–Crippen LogP) is 2.36. The predicted molar refractivity (Wildman–Crippen MR) is 167 cm³/mol. The van der Waals surface area contributed by atoms with Gasteiger partial charge in [-0.3, -0.25) is 19.3 Å². The number of aryl methyl sites for hydroxylation is 2. The summed E-state index contributed by atoms with van der Waals surface area (Å²) in [6, 6.07) is 3.67. The van der Waals surface area contributed by atoms with Gasteiger partial charge in [-0.15, -0.1) is 0 Å². The van der Waals surface area contributed by atoms with E-state index in [4.69, 9.17) is 23.7 Å². The molecule has 0 aliphatic carbocycles. The van der Waals surface area contributed by atoms with Crippen molar-refractivity contribution in [2.24, 2.45) is 0 Å². The van der Waals surface area contributed by atoms with Gasteiger partial charge in [0.25, 0.3) is 5.91 Å². The molecule has 0 bridgehead atoms. The number of amides is 3. The van der Waals surface area contributed by atoms with Crippen LogP contribution < -0.4 is 10.1 Å². The fraction of sp³-hybridized carbons (Fsp3) is 0.710. The minimum Gasteiger partial charge on any atom is -0.484 e. The molecule has 43 heavy (non-hydrogen) atoms. The molecule has 0 aliphatic rings. The van der Waals surface area contributed by atoms with Gasteiger partial charge in [0.2, 0.25) is 11.8 Å². The first-order valence-corrected chi connectivity index (χ1v) is 15.1. The van der Waals surface area contributed by atoms with Crippen LogP contribution in [-0.2, 0) is 33.3 Å². The average molecular weight is 611 g/mol. The summed E-state index contributed by atoms with van der Waals surface area (Å²) in [6.07, 6.45) is 1.45. The summed E-state index contributed by atoms with van der Waals surface area (Å²) < 4.78 is 27.2. The minimum absolute atomic E-state index is 0.0451. The summed E-state index contributed by atoms with van der Waals surface area (Å²) >= 11 is 0. The summed E-state index contributed by atoms with van der Waals surface area (Å²) in [6.45, 7) is 14.1. The molecular formula is C31H54N4O8. The fourth-order valence-corrected chi connectivity index (χ4v) is 4.12. The van der Waals surface area contributed by atoms with Gasteiger partial charge in [-0.25, -0.2) is 0 Å². The molecule has 12 nitrogen and oxygen atoms in total. The molecule has 0 atom stereocenters. The van der Waals surface area contributed by atoms with Crippen LogP contribution in [0.2, 0.25) is 0 Å². The van der Waals surface area contributed by atoms with E-state index in [-0.39, 0.29) is 30.9 Å². The third-order valence-corrected chi connectivity index (χ3v) is 6.82. The Morgan fingerprint density at radius 1 is 0.744 bits per heavy atom. The van der Waals surface area contributed by atoms with Crippen molar-refractivity contribution < 1.29 is 38.1 Å².